The highest BCUT2D eigenvalue weighted by Gasteiger charge is 2.15. The number of likely N-dealkylation sites (N-methyl/N-ethyl adjacent to an activating group) is 1. The summed E-state index contributed by atoms with van der Waals surface area (Å²) in [6.45, 7) is 8.10. The van der Waals surface area contributed by atoms with Crippen molar-refractivity contribution in [3.05, 3.63) is 53.6 Å². The molecule has 0 bridgehead atoms. The lowest BCUT2D eigenvalue weighted by Gasteiger charge is -2.15. The largest absolute Gasteiger partial charge is 0.497 e. The van der Waals surface area contributed by atoms with Crippen LogP contribution < -0.4 is 10.1 Å². The van der Waals surface area contributed by atoms with Gasteiger partial charge in [-0.15, -0.1) is 0 Å². The second-order valence-corrected chi connectivity index (χ2v) is 6.34. The fraction of sp³-hybridized carbons (Fsp3) is 0.458. The summed E-state index contributed by atoms with van der Waals surface area (Å²) in [4.78, 5) is 11.9. The molecule has 0 saturated carbocycles. The third-order valence-electron chi connectivity index (χ3n) is 4.62. The Bertz CT molecular complexity index is 692. The third kappa shape index (κ3) is 6.51. The summed E-state index contributed by atoms with van der Waals surface area (Å²) < 4.78 is 5.36. The van der Waals surface area contributed by atoms with Crippen molar-refractivity contribution in [2.75, 3.05) is 14.2 Å². The van der Waals surface area contributed by atoms with Gasteiger partial charge in [0.25, 0.3) is 0 Å². The maximum absolute atomic E-state index is 11.9. The molecule has 0 aliphatic rings. The van der Waals surface area contributed by atoms with Crippen LogP contribution in [0.25, 0.3) is 11.1 Å². The lowest BCUT2D eigenvalue weighted by molar-refractivity contribution is -0.120. The van der Waals surface area contributed by atoms with Crippen molar-refractivity contribution in [1.29, 1.82) is 0 Å². The molecule has 0 heterocycles. The van der Waals surface area contributed by atoms with Crippen LogP contribution in [0.3, 0.4) is 0 Å². The van der Waals surface area contributed by atoms with Crippen LogP contribution in [-0.4, -0.2) is 26.0 Å². The molecule has 2 aromatic carbocycles. The van der Waals surface area contributed by atoms with Crippen LogP contribution in [0.15, 0.2) is 42.5 Å². The molecule has 3 nitrogen and oxygen atoms in total. The van der Waals surface area contributed by atoms with Crippen molar-refractivity contribution in [3.8, 4) is 16.9 Å². The minimum absolute atomic E-state index is 0.104. The van der Waals surface area contributed by atoms with Gasteiger partial charge >= 0.3 is 0 Å². The molecule has 0 aliphatic heterocycles. The molecule has 2 rings (SSSR count). The number of ether oxygens (including phenoxy) is 1. The van der Waals surface area contributed by atoms with Crippen molar-refractivity contribution in [2.24, 2.45) is 0 Å². The molecule has 1 unspecified atom stereocenters. The van der Waals surface area contributed by atoms with Crippen LogP contribution >= 0.6 is 0 Å². The Balaban J connectivity index is 0.00000176. The van der Waals surface area contributed by atoms with E-state index in [2.05, 4.69) is 48.6 Å². The van der Waals surface area contributed by atoms with E-state index in [1.165, 1.54) is 22.3 Å². The lowest BCUT2D eigenvalue weighted by atomic mass is 9.94. The monoisotopic (exact) mass is 369 g/mol. The molecule has 1 atom stereocenters. The molecule has 2 aromatic rings. The molecule has 0 aliphatic carbocycles. The van der Waals surface area contributed by atoms with E-state index in [0.29, 0.717) is 6.42 Å². The zero-order chi connectivity index (χ0) is 20.2. The molecule has 0 spiro atoms. The maximum atomic E-state index is 11.9. The quantitative estimate of drug-likeness (QED) is 0.639. The summed E-state index contributed by atoms with van der Waals surface area (Å²) >= 11 is 0. The second-order valence-electron chi connectivity index (χ2n) is 6.34. The van der Waals surface area contributed by atoms with Gasteiger partial charge in [0, 0.05) is 6.42 Å². The standard InChI is InChI=1S/C22H29NO2.C2H6/c1-5-7-18-15-19(25-4)12-13-20(18)17-10-8-16(9-11-17)14-21(23-3)22(24)6-2;1-2/h8-13,15,21,23H,5-7,14H2,1-4H3;1-2H3. The minimum atomic E-state index is -0.104. The summed E-state index contributed by atoms with van der Waals surface area (Å²) in [6, 6.07) is 14.7. The lowest BCUT2D eigenvalue weighted by Crippen LogP contribution is -2.35. The highest BCUT2D eigenvalue weighted by molar-refractivity contribution is 5.84. The first-order valence-corrected chi connectivity index (χ1v) is 10.1. The van der Waals surface area contributed by atoms with E-state index >= 15 is 0 Å². The summed E-state index contributed by atoms with van der Waals surface area (Å²) in [6.07, 6.45) is 3.42. The van der Waals surface area contributed by atoms with Crippen LogP contribution in [0.4, 0.5) is 0 Å². The van der Waals surface area contributed by atoms with Gasteiger partial charge in [-0.2, -0.15) is 0 Å². The Hall–Kier alpha value is -2.13. The Morgan fingerprint density at radius 1 is 1.07 bits per heavy atom. The molecular weight excluding hydrogens is 334 g/mol. The zero-order valence-corrected chi connectivity index (χ0v) is 17.8. The highest BCUT2D eigenvalue weighted by atomic mass is 16.5. The van der Waals surface area contributed by atoms with Crippen molar-refractivity contribution in [1.82, 2.24) is 5.32 Å². The summed E-state index contributed by atoms with van der Waals surface area (Å²) in [5, 5.41) is 3.12. The summed E-state index contributed by atoms with van der Waals surface area (Å²) in [5.74, 6) is 1.16. The molecule has 0 amide bonds. The molecule has 0 aromatic heterocycles. The van der Waals surface area contributed by atoms with E-state index in [0.717, 1.165) is 25.0 Å². The first kappa shape index (κ1) is 22.9. The number of Topliss-reactive ketones (excluding diaryl/α,β-unsaturated/α-hetero) is 1. The fourth-order valence-corrected chi connectivity index (χ4v) is 3.13. The molecule has 0 saturated heterocycles. The first-order chi connectivity index (χ1) is 13.1. The van der Waals surface area contributed by atoms with Gasteiger partial charge < -0.3 is 10.1 Å². The van der Waals surface area contributed by atoms with Crippen LogP contribution in [0.5, 0.6) is 5.75 Å². The number of carbonyl (C=O) groups is 1. The minimum Gasteiger partial charge on any atom is -0.497 e. The number of carbonyl (C=O) groups excluding carboxylic acids is 1. The summed E-state index contributed by atoms with van der Waals surface area (Å²) in [5.41, 5.74) is 4.95. The van der Waals surface area contributed by atoms with Gasteiger partial charge in [-0.1, -0.05) is 64.4 Å². The van der Waals surface area contributed by atoms with Gasteiger partial charge in [0.2, 0.25) is 0 Å². The third-order valence-corrected chi connectivity index (χ3v) is 4.62. The van der Waals surface area contributed by atoms with Crippen molar-refractivity contribution in [3.63, 3.8) is 0 Å². The number of nitrogens with one attached hydrogen (secondary N) is 1. The van der Waals surface area contributed by atoms with Gasteiger partial charge in [-0.25, -0.2) is 0 Å². The van der Waals surface area contributed by atoms with Crippen molar-refractivity contribution in [2.45, 2.75) is 59.4 Å². The fourth-order valence-electron chi connectivity index (χ4n) is 3.13. The van der Waals surface area contributed by atoms with E-state index < -0.39 is 0 Å². The molecule has 0 radical (unpaired) electrons. The Kier molecular flexibility index (Phi) is 10.4. The number of hydrogen-bond donors (Lipinski definition) is 1. The Morgan fingerprint density at radius 2 is 1.74 bits per heavy atom. The van der Waals surface area contributed by atoms with Gasteiger partial charge in [-0.3, -0.25) is 4.79 Å². The van der Waals surface area contributed by atoms with E-state index in [4.69, 9.17) is 4.74 Å². The van der Waals surface area contributed by atoms with E-state index in [-0.39, 0.29) is 11.8 Å². The number of hydrogen-bond acceptors (Lipinski definition) is 3. The Labute approximate surface area is 165 Å². The number of benzene rings is 2. The molecule has 0 fully saturated rings. The van der Waals surface area contributed by atoms with Crippen molar-refractivity contribution < 1.29 is 9.53 Å². The average molecular weight is 370 g/mol. The molecule has 3 heteroatoms. The van der Waals surface area contributed by atoms with E-state index in [1.54, 1.807) is 7.11 Å². The average Bonchev–Trinajstić information content (AvgIpc) is 2.73. The number of ketones is 1. The molecule has 27 heavy (non-hydrogen) atoms. The van der Waals surface area contributed by atoms with Crippen LogP contribution in [0.2, 0.25) is 0 Å². The first-order valence-electron chi connectivity index (χ1n) is 10.1. The molecular formula is C24H35NO2. The predicted molar refractivity (Wildman–Crippen MR) is 116 cm³/mol. The molecule has 1 N–H and O–H groups in total. The van der Waals surface area contributed by atoms with Crippen LogP contribution in [0, 0.1) is 0 Å². The SMILES string of the molecule is CC.CCCc1cc(OC)ccc1-c1ccc(CC(NC)C(=O)CC)cc1. The Morgan fingerprint density at radius 3 is 2.26 bits per heavy atom. The second kappa shape index (κ2) is 12.3. The van der Waals surface area contributed by atoms with E-state index in [9.17, 15) is 4.79 Å². The van der Waals surface area contributed by atoms with Crippen molar-refractivity contribution >= 4 is 5.78 Å². The summed E-state index contributed by atoms with van der Waals surface area (Å²) in [7, 11) is 3.55. The molecule has 148 valence electrons. The van der Waals surface area contributed by atoms with Gasteiger partial charge in [0.1, 0.15) is 11.5 Å². The van der Waals surface area contributed by atoms with Gasteiger partial charge in [0.05, 0.1) is 13.2 Å². The van der Waals surface area contributed by atoms with Gasteiger partial charge in [0.15, 0.2) is 0 Å². The van der Waals surface area contributed by atoms with Crippen LogP contribution in [0.1, 0.15) is 51.7 Å². The zero-order valence-electron chi connectivity index (χ0n) is 17.8. The topological polar surface area (TPSA) is 38.3 Å². The number of methoxy groups -OCH3 is 1. The van der Waals surface area contributed by atoms with Crippen LogP contribution in [-0.2, 0) is 17.6 Å². The van der Waals surface area contributed by atoms with E-state index in [1.807, 2.05) is 33.9 Å². The maximum Gasteiger partial charge on any atom is 0.149 e. The predicted octanol–water partition coefficient (Wildman–Crippen LogP) is 5.45. The highest BCUT2D eigenvalue weighted by Crippen LogP contribution is 2.29. The normalized spacial score (nSPS) is 11.3. The van der Waals surface area contributed by atoms with Gasteiger partial charge in [-0.05, 0) is 54.3 Å². The number of aryl methyl sites for hydroxylation is 1. The number of rotatable bonds is 9. The smallest absolute Gasteiger partial charge is 0.149 e.